The summed E-state index contributed by atoms with van der Waals surface area (Å²) in [6.07, 6.45) is 0. The number of rotatable bonds is 9. The topological polar surface area (TPSA) is 59.6 Å². The molecule has 2 N–H and O–H groups in total. The molecule has 0 radical (unpaired) electrons. The number of nitrogens with one attached hydrogen (secondary N) is 2. The lowest BCUT2D eigenvalue weighted by Crippen LogP contribution is -2.21. The van der Waals surface area contributed by atoms with Gasteiger partial charge in [-0.05, 0) is 43.3 Å². The number of hydrogen-bond acceptors (Lipinski definition) is 4. The van der Waals surface area contributed by atoms with Crippen molar-refractivity contribution in [2.45, 2.75) is 6.92 Å². The van der Waals surface area contributed by atoms with Gasteiger partial charge in [0.1, 0.15) is 12.4 Å². The summed E-state index contributed by atoms with van der Waals surface area (Å²) in [7, 11) is 0. The first kappa shape index (κ1) is 16.8. The lowest BCUT2D eigenvalue weighted by molar-refractivity contribution is -0.114. The van der Waals surface area contributed by atoms with Crippen LogP contribution in [0.25, 0.3) is 0 Å². The number of anilines is 2. The Morgan fingerprint density at radius 1 is 0.957 bits per heavy atom. The first-order valence-electron chi connectivity index (χ1n) is 7.67. The van der Waals surface area contributed by atoms with E-state index in [1.165, 1.54) is 0 Å². The van der Waals surface area contributed by atoms with Crippen molar-refractivity contribution in [1.29, 1.82) is 0 Å². The van der Waals surface area contributed by atoms with Crippen LogP contribution < -0.4 is 15.4 Å². The molecule has 0 aliphatic heterocycles. The van der Waals surface area contributed by atoms with Crippen LogP contribution >= 0.6 is 0 Å². The van der Waals surface area contributed by atoms with E-state index in [1.807, 2.05) is 61.5 Å². The van der Waals surface area contributed by atoms with Crippen LogP contribution in [0.5, 0.6) is 5.75 Å². The van der Waals surface area contributed by atoms with Crippen LogP contribution in [-0.2, 0) is 9.53 Å². The minimum atomic E-state index is -0.0983. The van der Waals surface area contributed by atoms with Gasteiger partial charge in [0.15, 0.2) is 0 Å². The number of benzene rings is 2. The van der Waals surface area contributed by atoms with Crippen molar-refractivity contribution in [3.8, 4) is 5.75 Å². The molecule has 5 nitrogen and oxygen atoms in total. The molecule has 0 unspecified atom stereocenters. The Morgan fingerprint density at radius 3 is 2.39 bits per heavy atom. The zero-order chi connectivity index (χ0) is 16.3. The third-order valence-electron chi connectivity index (χ3n) is 3.07. The molecule has 0 aromatic heterocycles. The summed E-state index contributed by atoms with van der Waals surface area (Å²) in [5, 5.41) is 5.90. The highest BCUT2D eigenvalue weighted by atomic mass is 16.5. The summed E-state index contributed by atoms with van der Waals surface area (Å²) < 4.78 is 10.7. The summed E-state index contributed by atoms with van der Waals surface area (Å²) in [6, 6.07) is 16.9. The summed E-state index contributed by atoms with van der Waals surface area (Å²) in [6.45, 7) is 3.94. The van der Waals surface area contributed by atoms with Gasteiger partial charge >= 0.3 is 0 Å². The van der Waals surface area contributed by atoms with Crippen LogP contribution in [0.4, 0.5) is 11.4 Å². The zero-order valence-corrected chi connectivity index (χ0v) is 13.2. The van der Waals surface area contributed by atoms with Gasteiger partial charge in [0.25, 0.3) is 0 Å². The van der Waals surface area contributed by atoms with Gasteiger partial charge in [-0.1, -0.05) is 18.2 Å². The quantitative estimate of drug-likeness (QED) is 0.698. The molecule has 0 aliphatic rings. The van der Waals surface area contributed by atoms with E-state index in [9.17, 15) is 4.79 Å². The second-order valence-electron chi connectivity index (χ2n) is 4.84. The molecule has 0 saturated carbocycles. The maximum absolute atomic E-state index is 11.9. The van der Waals surface area contributed by atoms with Crippen molar-refractivity contribution in [2.24, 2.45) is 0 Å². The Balaban J connectivity index is 1.73. The van der Waals surface area contributed by atoms with Crippen LogP contribution in [0.1, 0.15) is 6.92 Å². The van der Waals surface area contributed by atoms with Gasteiger partial charge in [-0.15, -0.1) is 0 Å². The summed E-state index contributed by atoms with van der Waals surface area (Å²) in [5.41, 5.74) is 1.66. The van der Waals surface area contributed by atoms with E-state index in [-0.39, 0.29) is 12.5 Å². The van der Waals surface area contributed by atoms with E-state index in [2.05, 4.69) is 10.6 Å². The van der Waals surface area contributed by atoms with E-state index in [0.29, 0.717) is 19.8 Å². The van der Waals surface area contributed by atoms with Crippen LogP contribution in [-0.4, -0.2) is 32.3 Å². The fourth-order valence-electron chi connectivity index (χ4n) is 1.94. The van der Waals surface area contributed by atoms with Crippen molar-refractivity contribution in [1.82, 2.24) is 0 Å². The highest BCUT2D eigenvalue weighted by Gasteiger charge is 2.02. The van der Waals surface area contributed by atoms with Crippen LogP contribution in [0, 0.1) is 0 Å². The molecular weight excluding hydrogens is 292 g/mol. The normalized spacial score (nSPS) is 10.1. The average molecular weight is 314 g/mol. The Morgan fingerprint density at radius 2 is 1.70 bits per heavy atom. The van der Waals surface area contributed by atoms with Gasteiger partial charge in [0, 0.05) is 18.0 Å². The van der Waals surface area contributed by atoms with Gasteiger partial charge in [0.05, 0.1) is 13.2 Å². The van der Waals surface area contributed by atoms with Crippen LogP contribution in [0.3, 0.4) is 0 Å². The van der Waals surface area contributed by atoms with E-state index in [1.54, 1.807) is 0 Å². The second-order valence-corrected chi connectivity index (χ2v) is 4.84. The van der Waals surface area contributed by atoms with Crippen molar-refractivity contribution < 1.29 is 14.3 Å². The molecule has 2 rings (SSSR count). The number of ether oxygens (including phenoxy) is 2. The summed E-state index contributed by atoms with van der Waals surface area (Å²) >= 11 is 0. The minimum absolute atomic E-state index is 0.0983. The molecule has 0 bridgehead atoms. The highest BCUT2D eigenvalue weighted by molar-refractivity contribution is 5.93. The Hall–Kier alpha value is -2.53. The number of carbonyl (C=O) groups excluding carboxylic acids is 1. The van der Waals surface area contributed by atoms with Crippen molar-refractivity contribution in [3.05, 3.63) is 54.6 Å². The van der Waals surface area contributed by atoms with Gasteiger partial charge in [-0.25, -0.2) is 0 Å². The third-order valence-corrected chi connectivity index (χ3v) is 3.07. The molecule has 0 heterocycles. The molecule has 0 aliphatic carbocycles. The van der Waals surface area contributed by atoms with Crippen molar-refractivity contribution in [2.75, 3.05) is 37.0 Å². The van der Waals surface area contributed by atoms with Crippen LogP contribution in [0.2, 0.25) is 0 Å². The second kappa shape index (κ2) is 9.48. The average Bonchev–Trinajstić information content (AvgIpc) is 2.59. The molecular formula is C18H22N2O3. The first-order chi connectivity index (χ1) is 11.3. The number of para-hydroxylation sites is 1. The molecule has 1 amide bonds. The highest BCUT2D eigenvalue weighted by Crippen LogP contribution is 2.15. The maximum Gasteiger partial charge on any atom is 0.243 e. The number of hydrogen-bond donors (Lipinski definition) is 2. The van der Waals surface area contributed by atoms with Crippen molar-refractivity contribution >= 4 is 17.3 Å². The van der Waals surface area contributed by atoms with Gasteiger partial charge in [0.2, 0.25) is 5.91 Å². The SMILES string of the molecule is CCOCCOc1ccc(NC(=O)CNc2ccccc2)cc1. The van der Waals surface area contributed by atoms with E-state index >= 15 is 0 Å². The smallest absolute Gasteiger partial charge is 0.243 e. The fraction of sp³-hybridized carbons (Fsp3) is 0.278. The third kappa shape index (κ3) is 6.40. The van der Waals surface area contributed by atoms with Crippen molar-refractivity contribution in [3.63, 3.8) is 0 Å². The van der Waals surface area contributed by atoms with Gasteiger partial charge in [-0.3, -0.25) is 4.79 Å². The number of carbonyl (C=O) groups is 1. The summed E-state index contributed by atoms with van der Waals surface area (Å²) in [5.74, 6) is 0.656. The van der Waals surface area contributed by atoms with Gasteiger partial charge in [-0.2, -0.15) is 0 Å². The largest absolute Gasteiger partial charge is 0.491 e. The summed E-state index contributed by atoms with van der Waals surface area (Å²) in [4.78, 5) is 11.9. The van der Waals surface area contributed by atoms with Gasteiger partial charge < -0.3 is 20.1 Å². The Kier molecular flexibility index (Phi) is 6.94. The molecule has 122 valence electrons. The lowest BCUT2D eigenvalue weighted by atomic mass is 10.3. The first-order valence-corrected chi connectivity index (χ1v) is 7.67. The molecule has 0 fully saturated rings. The number of amides is 1. The standard InChI is InChI=1S/C18H22N2O3/c1-2-22-12-13-23-17-10-8-16(9-11-17)20-18(21)14-19-15-6-4-3-5-7-15/h3-11,19H,2,12-14H2,1H3,(H,20,21). The fourth-order valence-corrected chi connectivity index (χ4v) is 1.94. The molecule has 2 aromatic rings. The molecule has 5 heteroatoms. The molecule has 0 saturated heterocycles. The van der Waals surface area contributed by atoms with E-state index < -0.39 is 0 Å². The zero-order valence-electron chi connectivity index (χ0n) is 13.2. The van der Waals surface area contributed by atoms with Crippen LogP contribution in [0.15, 0.2) is 54.6 Å². The monoisotopic (exact) mass is 314 g/mol. The molecule has 0 spiro atoms. The Labute approximate surface area is 136 Å². The Bertz CT molecular complexity index is 585. The van der Waals surface area contributed by atoms with E-state index in [0.717, 1.165) is 17.1 Å². The van der Waals surface area contributed by atoms with E-state index in [4.69, 9.17) is 9.47 Å². The predicted octanol–water partition coefficient (Wildman–Crippen LogP) is 3.15. The molecule has 0 atom stereocenters. The lowest BCUT2D eigenvalue weighted by Gasteiger charge is -2.09. The maximum atomic E-state index is 11.9. The molecule has 2 aromatic carbocycles. The minimum Gasteiger partial charge on any atom is -0.491 e. The predicted molar refractivity (Wildman–Crippen MR) is 92.0 cm³/mol. The molecule has 23 heavy (non-hydrogen) atoms.